The van der Waals surface area contributed by atoms with Crippen LogP contribution in [0, 0.1) is 5.82 Å². The molecule has 1 aromatic heterocycles. The highest BCUT2D eigenvalue weighted by molar-refractivity contribution is 7.89. The molecule has 0 atom stereocenters. The summed E-state index contributed by atoms with van der Waals surface area (Å²) < 4.78 is 41.7. The number of fused-ring (bicyclic) bond motifs is 1. The average Bonchev–Trinajstić information content (AvgIpc) is 3.27. The number of hydrogen-bond donors (Lipinski definition) is 0. The van der Waals surface area contributed by atoms with Crippen LogP contribution in [0.15, 0.2) is 77.7 Å². The van der Waals surface area contributed by atoms with Crippen molar-refractivity contribution < 1.29 is 17.6 Å². The van der Waals surface area contributed by atoms with Crippen LogP contribution in [0.25, 0.3) is 10.2 Å². The summed E-state index contributed by atoms with van der Waals surface area (Å²) in [7, 11) is -2.15. The lowest BCUT2D eigenvalue weighted by Crippen LogP contribution is -2.33. The Hall–Kier alpha value is -3.14. The van der Waals surface area contributed by atoms with E-state index < -0.39 is 15.8 Å². The van der Waals surface area contributed by atoms with Crippen LogP contribution in [-0.2, 0) is 16.6 Å². The molecular formula is C25H24FN3O3S2. The Morgan fingerprint density at radius 2 is 1.68 bits per heavy atom. The highest BCUT2D eigenvalue weighted by Crippen LogP contribution is 2.32. The number of para-hydroxylation sites is 1. The maximum Gasteiger partial charge on any atom is 0.260 e. The number of carbonyl (C=O) groups is 1. The molecule has 0 radical (unpaired) electrons. The SMILES string of the molecule is CC(C)N(C)S(=O)(=O)c1ccc(C(=O)N(Cc2ccccc2)c2nc3c(F)cccc3s2)cc1. The predicted molar refractivity (Wildman–Crippen MR) is 133 cm³/mol. The maximum atomic E-state index is 14.3. The molecule has 0 aliphatic heterocycles. The molecular weight excluding hydrogens is 473 g/mol. The van der Waals surface area contributed by atoms with E-state index in [9.17, 15) is 17.6 Å². The van der Waals surface area contributed by atoms with Crippen molar-refractivity contribution in [2.75, 3.05) is 11.9 Å². The number of nitrogens with zero attached hydrogens (tertiary/aromatic N) is 3. The lowest BCUT2D eigenvalue weighted by Gasteiger charge is -2.22. The van der Waals surface area contributed by atoms with Crippen LogP contribution < -0.4 is 4.90 Å². The van der Waals surface area contributed by atoms with E-state index in [1.54, 1.807) is 26.0 Å². The highest BCUT2D eigenvalue weighted by Gasteiger charge is 2.25. The quantitative estimate of drug-likeness (QED) is 0.347. The van der Waals surface area contributed by atoms with Gasteiger partial charge < -0.3 is 0 Å². The van der Waals surface area contributed by atoms with Crippen LogP contribution >= 0.6 is 11.3 Å². The second kappa shape index (κ2) is 9.61. The Morgan fingerprint density at radius 3 is 2.29 bits per heavy atom. The number of thiazole rings is 1. The molecule has 0 aliphatic rings. The van der Waals surface area contributed by atoms with Gasteiger partial charge in [0.2, 0.25) is 10.0 Å². The lowest BCUT2D eigenvalue weighted by atomic mass is 10.1. The first-order chi connectivity index (χ1) is 16.2. The number of amides is 1. The molecule has 176 valence electrons. The Labute approximate surface area is 202 Å². The van der Waals surface area contributed by atoms with Crippen LogP contribution in [0.4, 0.5) is 9.52 Å². The molecule has 0 bridgehead atoms. The van der Waals surface area contributed by atoms with Crippen molar-refractivity contribution in [3.8, 4) is 0 Å². The summed E-state index contributed by atoms with van der Waals surface area (Å²) in [5.41, 5.74) is 1.40. The fourth-order valence-electron chi connectivity index (χ4n) is 3.38. The summed E-state index contributed by atoms with van der Waals surface area (Å²) in [5.74, 6) is -0.805. The van der Waals surface area contributed by atoms with Gasteiger partial charge in [-0.1, -0.05) is 47.7 Å². The van der Waals surface area contributed by atoms with E-state index >= 15 is 0 Å². The van der Waals surface area contributed by atoms with Crippen molar-refractivity contribution >= 4 is 42.6 Å². The van der Waals surface area contributed by atoms with Gasteiger partial charge >= 0.3 is 0 Å². The second-order valence-electron chi connectivity index (χ2n) is 8.10. The van der Waals surface area contributed by atoms with Crippen LogP contribution in [0.3, 0.4) is 0 Å². The number of halogens is 1. The van der Waals surface area contributed by atoms with Crippen LogP contribution in [-0.4, -0.2) is 36.7 Å². The van der Waals surface area contributed by atoms with Gasteiger partial charge in [0.25, 0.3) is 5.91 Å². The Balaban J connectivity index is 1.71. The lowest BCUT2D eigenvalue weighted by molar-refractivity contribution is 0.0985. The fourth-order valence-corrected chi connectivity index (χ4v) is 5.73. The van der Waals surface area contributed by atoms with Crippen LogP contribution in [0.2, 0.25) is 0 Å². The van der Waals surface area contributed by atoms with Crippen molar-refractivity contribution in [1.82, 2.24) is 9.29 Å². The molecule has 6 nitrogen and oxygen atoms in total. The number of rotatable bonds is 7. The van der Waals surface area contributed by atoms with E-state index in [0.717, 1.165) is 5.56 Å². The monoisotopic (exact) mass is 497 g/mol. The molecule has 0 fully saturated rings. The first-order valence-electron chi connectivity index (χ1n) is 10.7. The number of aromatic nitrogens is 1. The molecule has 0 unspecified atom stereocenters. The molecule has 1 amide bonds. The molecule has 4 aromatic rings. The molecule has 1 heterocycles. The summed E-state index contributed by atoms with van der Waals surface area (Å²) >= 11 is 1.23. The summed E-state index contributed by atoms with van der Waals surface area (Å²) in [6, 6.07) is 19.8. The number of carbonyl (C=O) groups excluding carboxylic acids is 1. The molecule has 9 heteroatoms. The number of anilines is 1. The topological polar surface area (TPSA) is 70.6 Å². The Bertz CT molecular complexity index is 1420. The number of benzene rings is 3. The average molecular weight is 498 g/mol. The molecule has 0 saturated carbocycles. The minimum atomic E-state index is -3.67. The van der Waals surface area contributed by atoms with Crippen molar-refractivity contribution in [3.63, 3.8) is 0 Å². The second-order valence-corrected chi connectivity index (χ2v) is 11.1. The number of sulfonamides is 1. The molecule has 4 rings (SSSR count). The van der Waals surface area contributed by atoms with Crippen molar-refractivity contribution in [3.05, 3.63) is 89.7 Å². The molecule has 0 saturated heterocycles. The molecule has 0 aliphatic carbocycles. The van der Waals surface area contributed by atoms with Crippen LogP contribution in [0.5, 0.6) is 0 Å². The standard InChI is InChI=1S/C25H24FN3O3S2/c1-17(2)28(3)34(31,32)20-14-12-19(13-15-20)24(30)29(16-18-8-5-4-6-9-18)25-27-23-21(26)10-7-11-22(23)33-25/h4-15,17H,16H2,1-3H3. The third-order valence-electron chi connectivity index (χ3n) is 5.52. The van der Waals surface area contributed by atoms with Gasteiger partial charge in [0.15, 0.2) is 5.13 Å². The summed E-state index contributed by atoms with van der Waals surface area (Å²) in [5, 5.41) is 0.366. The van der Waals surface area contributed by atoms with Crippen molar-refractivity contribution in [2.45, 2.75) is 31.3 Å². The smallest absolute Gasteiger partial charge is 0.260 e. The van der Waals surface area contributed by atoms with Gasteiger partial charge in [-0.15, -0.1) is 0 Å². The van der Waals surface area contributed by atoms with E-state index in [2.05, 4.69) is 4.98 Å². The molecule has 0 spiro atoms. The zero-order valence-electron chi connectivity index (χ0n) is 19.0. The van der Waals surface area contributed by atoms with E-state index in [1.807, 2.05) is 30.3 Å². The first kappa shape index (κ1) is 24.0. The van der Waals surface area contributed by atoms with Crippen molar-refractivity contribution in [1.29, 1.82) is 0 Å². The minimum absolute atomic E-state index is 0.108. The maximum absolute atomic E-state index is 14.3. The molecule has 34 heavy (non-hydrogen) atoms. The van der Waals surface area contributed by atoms with Gasteiger partial charge in [-0.2, -0.15) is 4.31 Å². The summed E-state index contributed by atoms with van der Waals surface area (Å²) in [6.45, 7) is 3.81. The molecule has 0 N–H and O–H groups in total. The van der Waals surface area contributed by atoms with Crippen LogP contribution in [0.1, 0.15) is 29.8 Å². The Morgan fingerprint density at radius 1 is 1.00 bits per heavy atom. The van der Waals surface area contributed by atoms with Gasteiger partial charge in [-0.05, 0) is 55.8 Å². The zero-order chi connectivity index (χ0) is 24.5. The summed E-state index contributed by atoms with van der Waals surface area (Å²) in [6.07, 6.45) is 0. The molecule has 3 aromatic carbocycles. The van der Waals surface area contributed by atoms with E-state index in [4.69, 9.17) is 0 Å². The van der Waals surface area contributed by atoms with Gasteiger partial charge in [0.1, 0.15) is 11.3 Å². The predicted octanol–water partition coefficient (Wildman–Crippen LogP) is 5.31. The zero-order valence-corrected chi connectivity index (χ0v) is 20.6. The van der Waals surface area contributed by atoms with Gasteiger partial charge in [0, 0.05) is 18.7 Å². The third kappa shape index (κ3) is 4.72. The van der Waals surface area contributed by atoms with Gasteiger partial charge in [0.05, 0.1) is 16.1 Å². The van der Waals surface area contributed by atoms with Crippen molar-refractivity contribution in [2.24, 2.45) is 0 Å². The van der Waals surface area contributed by atoms with E-state index in [1.165, 1.54) is 57.9 Å². The first-order valence-corrected chi connectivity index (χ1v) is 12.9. The fraction of sp³-hybridized carbons (Fsp3) is 0.200. The van der Waals surface area contributed by atoms with E-state index in [0.29, 0.717) is 15.4 Å². The minimum Gasteiger partial charge on any atom is -0.279 e. The number of hydrogen-bond acceptors (Lipinski definition) is 5. The van der Waals surface area contributed by atoms with Gasteiger partial charge in [-0.3, -0.25) is 9.69 Å². The third-order valence-corrected chi connectivity index (χ3v) is 8.61. The van der Waals surface area contributed by atoms with Gasteiger partial charge in [-0.25, -0.2) is 17.8 Å². The van der Waals surface area contributed by atoms with E-state index in [-0.39, 0.29) is 28.9 Å². The summed E-state index contributed by atoms with van der Waals surface area (Å²) in [4.78, 5) is 19.6. The highest BCUT2D eigenvalue weighted by atomic mass is 32.2. The normalized spacial score (nSPS) is 11.9. The largest absolute Gasteiger partial charge is 0.279 e. The Kier molecular flexibility index (Phi) is 6.79.